The van der Waals surface area contributed by atoms with Crippen LogP contribution in [0.4, 0.5) is 0 Å². The monoisotopic (exact) mass is 226 g/mol. The van der Waals surface area contributed by atoms with E-state index in [0.29, 0.717) is 11.1 Å². The van der Waals surface area contributed by atoms with Crippen molar-refractivity contribution in [3.8, 4) is 5.88 Å². The molecule has 0 unspecified atom stereocenters. The number of carbonyl (C=O) groups is 1. The normalized spacial score (nSPS) is 10.4. The van der Waals surface area contributed by atoms with Gasteiger partial charge in [0.15, 0.2) is 0 Å². The maximum Gasteiger partial charge on any atom is 0.256 e. The number of carbonyl (C=O) groups excluding carboxylic acids is 1. The van der Waals surface area contributed by atoms with Crippen LogP contribution in [0, 0.1) is 13.8 Å². The number of pyridine rings is 1. The van der Waals surface area contributed by atoms with E-state index in [1.54, 1.807) is 6.92 Å². The second-order valence-electron chi connectivity index (χ2n) is 3.49. The van der Waals surface area contributed by atoms with Gasteiger partial charge in [0.05, 0.1) is 13.2 Å². The van der Waals surface area contributed by atoms with Crippen molar-refractivity contribution in [1.82, 2.24) is 4.57 Å². The van der Waals surface area contributed by atoms with Gasteiger partial charge in [-0.05, 0) is 19.4 Å². The Kier molecular flexibility index (Phi) is 3.34. The molecule has 0 radical (unpaired) electrons. The molecule has 1 amide bonds. The number of hydrogen-bond acceptors (Lipinski definition) is 4. The summed E-state index contributed by atoms with van der Waals surface area (Å²) in [6.07, 6.45) is 0. The van der Waals surface area contributed by atoms with Gasteiger partial charge in [0.25, 0.3) is 11.5 Å². The molecule has 4 N–H and O–H groups in total. The summed E-state index contributed by atoms with van der Waals surface area (Å²) in [5.41, 5.74) is 5.31. The van der Waals surface area contributed by atoms with Gasteiger partial charge in [-0.25, -0.2) is 0 Å². The summed E-state index contributed by atoms with van der Waals surface area (Å²) in [5, 5.41) is 18.5. The van der Waals surface area contributed by atoms with Crippen LogP contribution in [0.5, 0.6) is 5.88 Å². The number of nitrogens with zero attached hydrogens (tertiary/aromatic N) is 1. The molecule has 0 bridgehead atoms. The van der Waals surface area contributed by atoms with Crippen LogP contribution in [0.2, 0.25) is 0 Å². The topological polar surface area (TPSA) is 106 Å². The van der Waals surface area contributed by atoms with Crippen LogP contribution in [0.3, 0.4) is 0 Å². The minimum atomic E-state index is -0.801. The highest BCUT2D eigenvalue weighted by Gasteiger charge is 2.19. The standard InChI is InChI=1S/C10H14N2O4/c1-5-6(2)9(15)12(3-4-13)10(16)7(5)8(11)14/h13,16H,3-4H2,1-2H3,(H2,11,14). The predicted molar refractivity (Wildman–Crippen MR) is 57.4 cm³/mol. The Balaban J connectivity index is 3.66. The number of rotatable bonds is 3. The molecule has 0 spiro atoms. The third-order valence-electron chi connectivity index (χ3n) is 2.55. The molecule has 0 saturated carbocycles. The summed E-state index contributed by atoms with van der Waals surface area (Å²) < 4.78 is 0.933. The number of aromatic nitrogens is 1. The highest BCUT2D eigenvalue weighted by Crippen LogP contribution is 2.20. The molecular weight excluding hydrogens is 212 g/mol. The first-order chi connectivity index (χ1) is 7.41. The van der Waals surface area contributed by atoms with Crippen molar-refractivity contribution in [1.29, 1.82) is 0 Å². The Morgan fingerprint density at radius 3 is 2.38 bits per heavy atom. The van der Waals surface area contributed by atoms with Gasteiger partial charge in [-0.15, -0.1) is 0 Å². The molecule has 0 aliphatic rings. The van der Waals surface area contributed by atoms with Gasteiger partial charge in [-0.3, -0.25) is 14.2 Å². The predicted octanol–water partition coefficient (Wildman–Crippen LogP) is -0.738. The van der Waals surface area contributed by atoms with Crippen LogP contribution in [-0.4, -0.2) is 27.3 Å². The van der Waals surface area contributed by atoms with E-state index in [2.05, 4.69) is 0 Å². The lowest BCUT2D eigenvalue weighted by molar-refractivity contribution is 0.0994. The van der Waals surface area contributed by atoms with E-state index < -0.39 is 17.3 Å². The third-order valence-corrected chi connectivity index (χ3v) is 2.55. The largest absolute Gasteiger partial charge is 0.494 e. The van der Waals surface area contributed by atoms with Crippen LogP contribution >= 0.6 is 0 Å². The van der Waals surface area contributed by atoms with Gasteiger partial charge in [-0.2, -0.15) is 0 Å². The molecule has 0 fully saturated rings. The Bertz CT molecular complexity index is 491. The van der Waals surface area contributed by atoms with Gasteiger partial charge in [0, 0.05) is 5.56 Å². The average molecular weight is 226 g/mol. The summed E-state index contributed by atoms with van der Waals surface area (Å²) in [6.45, 7) is 2.69. The van der Waals surface area contributed by atoms with Crippen LogP contribution in [0.25, 0.3) is 0 Å². The smallest absolute Gasteiger partial charge is 0.256 e. The van der Waals surface area contributed by atoms with E-state index in [1.165, 1.54) is 6.92 Å². The van der Waals surface area contributed by atoms with Gasteiger partial charge in [-0.1, -0.05) is 0 Å². The van der Waals surface area contributed by atoms with Crippen molar-refractivity contribution in [3.63, 3.8) is 0 Å². The van der Waals surface area contributed by atoms with Gasteiger partial charge in [0.2, 0.25) is 5.88 Å². The molecule has 0 aliphatic carbocycles. The number of aliphatic hydroxyl groups excluding tert-OH is 1. The summed E-state index contributed by atoms with van der Waals surface area (Å²) in [7, 11) is 0. The van der Waals surface area contributed by atoms with Crippen molar-refractivity contribution in [3.05, 3.63) is 27.0 Å². The maximum atomic E-state index is 11.7. The summed E-state index contributed by atoms with van der Waals surface area (Å²) >= 11 is 0. The van der Waals surface area contributed by atoms with Gasteiger partial charge >= 0.3 is 0 Å². The number of hydrogen-bond donors (Lipinski definition) is 3. The molecule has 0 saturated heterocycles. The SMILES string of the molecule is Cc1c(C(N)=O)c(O)n(CCO)c(=O)c1C. The molecule has 1 aromatic rings. The molecule has 6 nitrogen and oxygen atoms in total. The molecule has 0 aromatic carbocycles. The number of amides is 1. The van der Waals surface area contributed by atoms with Gasteiger partial charge < -0.3 is 15.9 Å². The highest BCUT2D eigenvalue weighted by atomic mass is 16.3. The second-order valence-corrected chi connectivity index (χ2v) is 3.49. The third kappa shape index (κ3) is 1.79. The molecule has 1 aromatic heterocycles. The van der Waals surface area contributed by atoms with Crippen molar-refractivity contribution < 1.29 is 15.0 Å². The van der Waals surface area contributed by atoms with E-state index in [1.807, 2.05) is 0 Å². The van der Waals surface area contributed by atoms with E-state index in [-0.39, 0.29) is 18.7 Å². The lowest BCUT2D eigenvalue weighted by Gasteiger charge is -2.14. The van der Waals surface area contributed by atoms with Crippen molar-refractivity contribution in [2.45, 2.75) is 20.4 Å². The quantitative estimate of drug-likeness (QED) is 0.631. The molecule has 88 valence electrons. The van der Waals surface area contributed by atoms with Crippen LogP contribution in [0.1, 0.15) is 21.5 Å². The molecule has 0 aliphatic heterocycles. The Hall–Kier alpha value is -1.82. The zero-order valence-electron chi connectivity index (χ0n) is 9.15. The fourth-order valence-corrected chi connectivity index (χ4v) is 1.55. The Morgan fingerprint density at radius 2 is 1.94 bits per heavy atom. The number of primary amides is 1. The Morgan fingerprint density at radius 1 is 1.38 bits per heavy atom. The average Bonchev–Trinajstić information content (AvgIpc) is 2.21. The zero-order chi connectivity index (χ0) is 12.5. The van der Waals surface area contributed by atoms with Crippen molar-refractivity contribution in [2.75, 3.05) is 6.61 Å². The van der Waals surface area contributed by atoms with E-state index in [4.69, 9.17) is 10.8 Å². The highest BCUT2D eigenvalue weighted by molar-refractivity contribution is 5.96. The van der Waals surface area contributed by atoms with E-state index in [0.717, 1.165) is 4.57 Å². The first-order valence-electron chi connectivity index (χ1n) is 4.75. The number of aliphatic hydroxyl groups is 1. The molecule has 1 heterocycles. The van der Waals surface area contributed by atoms with E-state index in [9.17, 15) is 14.7 Å². The van der Waals surface area contributed by atoms with Crippen LogP contribution in [-0.2, 0) is 6.54 Å². The van der Waals surface area contributed by atoms with Crippen molar-refractivity contribution in [2.24, 2.45) is 5.73 Å². The van der Waals surface area contributed by atoms with Gasteiger partial charge in [0.1, 0.15) is 5.56 Å². The minimum Gasteiger partial charge on any atom is -0.494 e. The Labute approximate surface area is 91.9 Å². The molecule has 16 heavy (non-hydrogen) atoms. The van der Waals surface area contributed by atoms with Crippen molar-refractivity contribution >= 4 is 5.91 Å². The second kappa shape index (κ2) is 4.36. The maximum absolute atomic E-state index is 11.7. The summed E-state index contributed by atoms with van der Waals surface area (Å²) in [6, 6.07) is 0. The molecule has 1 rings (SSSR count). The number of aromatic hydroxyl groups is 1. The first kappa shape index (κ1) is 12.3. The van der Waals surface area contributed by atoms with Crippen LogP contribution < -0.4 is 11.3 Å². The fourth-order valence-electron chi connectivity index (χ4n) is 1.55. The van der Waals surface area contributed by atoms with E-state index >= 15 is 0 Å². The zero-order valence-corrected chi connectivity index (χ0v) is 9.15. The summed E-state index contributed by atoms with van der Waals surface area (Å²) in [4.78, 5) is 22.9. The molecule has 6 heteroatoms. The minimum absolute atomic E-state index is 0.0773. The fraction of sp³-hybridized carbons (Fsp3) is 0.400. The molecule has 0 atom stereocenters. The first-order valence-corrected chi connectivity index (χ1v) is 4.75. The summed E-state index contributed by atoms with van der Waals surface area (Å²) in [5.74, 6) is -1.29. The molecular formula is C10H14N2O4. The van der Waals surface area contributed by atoms with Crippen LogP contribution in [0.15, 0.2) is 4.79 Å². The number of nitrogens with two attached hydrogens (primary N) is 1. The lowest BCUT2D eigenvalue weighted by Crippen LogP contribution is -2.28. The lowest BCUT2D eigenvalue weighted by atomic mass is 10.1.